The number of carbonyl (C=O) groups is 1. The molecule has 1 rings (SSSR count). The van der Waals surface area contributed by atoms with Crippen LogP contribution >= 0.6 is 27.5 Å². The molecule has 1 aromatic carbocycles. The molecule has 0 saturated heterocycles. The van der Waals surface area contributed by atoms with E-state index in [1.54, 1.807) is 18.2 Å². The fraction of sp³-hybridized carbons (Fsp3) is 0.364. The molecule has 0 radical (unpaired) electrons. The first-order chi connectivity index (χ1) is 7.90. The summed E-state index contributed by atoms with van der Waals surface area (Å²) in [4.78, 5) is 16.2. The summed E-state index contributed by atoms with van der Waals surface area (Å²) in [7, 11) is 0. The summed E-state index contributed by atoms with van der Waals surface area (Å²) < 4.78 is 0.806. The molecule has 1 aromatic rings. The summed E-state index contributed by atoms with van der Waals surface area (Å²) in [5, 5.41) is 10.2. The summed E-state index contributed by atoms with van der Waals surface area (Å²) in [6, 6.07) is 4.99. The third kappa shape index (κ3) is 4.44. The maximum absolute atomic E-state index is 11.0. The molecule has 1 amide bonds. The number of rotatable bonds is 4. The van der Waals surface area contributed by atoms with Gasteiger partial charge in [0.2, 0.25) is 0 Å². The Bertz CT molecular complexity index is 412. The highest BCUT2D eigenvalue weighted by Crippen LogP contribution is 2.28. The zero-order valence-corrected chi connectivity index (χ0v) is 11.8. The normalized spacial score (nSPS) is 10.4. The van der Waals surface area contributed by atoms with Crippen LogP contribution in [0.3, 0.4) is 0 Å². The van der Waals surface area contributed by atoms with Crippen LogP contribution in [0.15, 0.2) is 22.7 Å². The maximum Gasteiger partial charge on any atom is 0.440 e. The second kappa shape index (κ2) is 6.12. The molecule has 0 fully saturated rings. The number of benzene rings is 1. The second-order valence-corrected chi connectivity index (χ2v) is 5.23. The van der Waals surface area contributed by atoms with Gasteiger partial charge in [-0.15, -0.1) is 5.06 Å². The van der Waals surface area contributed by atoms with Crippen molar-refractivity contribution in [3.05, 3.63) is 27.7 Å². The quantitative estimate of drug-likeness (QED) is 0.851. The van der Waals surface area contributed by atoms with Crippen molar-refractivity contribution in [1.29, 1.82) is 0 Å². The molecule has 0 aromatic heterocycles. The standard InChI is InChI=1S/C11H13BrClNO3/c1-7(2)6-14(11(15)16)17-10-4-3-8(12)5-9(10)13/h3-5,7H,6H2,1-2H3,(H,15,16). The zero-order chi connectivity index (χ0) is 13.0. The Balaban J connectivity index is 2.82. The molecule has 0 saturated carbocycles. The highest BCUT2D eigenvalue weighted by Gasteiger charge is 2.17. The number of hydroxylamine groups is 2. The SMILES string of the molecule is CC(C)CN(Oc1ccc(Br)cc1Cl)C(=O)O. The van der Waals surface area contributed by atoms with Gasteiger partial charge >= 0.3 is 6.09 Å². The Kier molecular flexibility index (Phi) is 5.08. The first-order valence-corrected chi connectivity index (χ1v) is 6.20. The molecule has 0 heterocycles. The molecule has 0 unspecified atom stereocenters. The lowest BCUT2D eigenvalue weighted by Crippen LogP contribution is -2.36. The molecule has 0 aliphatic rings. The summed E-state index contributed by atoms with van der Waals surface area (Å²) in [5.74, 6) is 0.484. The van der Waals surface area contributed by atoms with E-state index in [4.69, 9.17) is 21.5 Å². The van der Waals surface area contributed by atoms with E-state index in [1.165, 1.54) is 0 Å². The van der Waals surface area contributed by atoms with E-state index in [0.717, 1.165) is 9.54 Å². The molecular formula is C11H13BrClNO3. The minimum Gasteiger partial charge on any atom is -0.463 e. The van der Waals surface area contributed by atoms with Crippen LogP contribution in [-0.4, -0.2) is 22.8 Å². The van der Waals surface area contributed by atoms with E-state index in [2.05, 4.69) is 15.9 Å². The van der Waals surface area contributed by atoms with Crippen LogP contribution in [0.2, 0.25) is 5.02 Å². The second-order valence-electron chi connectivity index (χ2n) is 3.90. The van der Waals surface area contributed by atoms with Gasteiger partial charge in [-0.3, -0.25) is 0 Å². The van der Waals surface area contributed by atoms with Crippen LogP contribution in [0.1, 0.15) is 13.8 Å². The van der Waals surface area contributed by atoms with Gasteiger partial charge < -0.3 is 9.94 Å². The van der Waals surface area contributed by atoms with Crippen LogP contribution in [0.25, 0.3) is 0 Å². The lowest BCUT2D eigenvalue weighted by Gasteiger charge is -2.21. The van der Waals surface area contributed by atoms with Gasteiger partial charge in [-0.1, -0.05) is 41.4 Å². The van der Waals surface area contributed by atoms with Crippen LogP contribution < -0.4 is 4.84 Å². The molecule has 0 aliphatic heterocycles. The Labute approximate surface area is 113 Å². The smallest absolute Gasteiger partial charge is 0.440 e. The van der Waals surface area contributed by atoms with Crippen molar-refractivity contribution in [3.8, 4) is 5.75 Å². The van der Waals surface area contributed by atoms with Gasteiger partial charge in [0.05, 0.1) is 11.6 Å². The van der Waals surface area contributed by atoms with Gasteiger partial charge in [0.25, 0.3) is 0 Å². The van der Waals surface area contributed by atoms with Crippen LogP contribution in [0.5, 0.6) is 5.75 Å². The van der Waals surface area contributed by atoms with Gasteiger partial charge in [0, 0.05) is 4.47 Å². The maximum atomic E-state index is 11.0. The molecule has 0 spiro atoms. The lowest BCUT2D eigenvalue weighted by atomic mass is 10.2. The van der Waals surface area contributed by atoms with Crippen LogP contribution in [-0.2, 0) is 0 Å². The fourth-order valence-corrected chi connectivity index (χ4v) is 1.86. The molecule has 1 N–H and O–H groups in total. The first-order valence-electron chi connectivity index (χ1n) is 5.03. The van der Waals surface area contributed by atoms with Gasteiger partial charge in [0.1, 0.15) is 0 Å². The number of hydrogen-bond donors (Lipinski definition) is 1. The van der Waals surface area contributed by atoms with E-state index < -0.39 is 6.09 Å². The highest BCUT2D eigenvalue weighted by atomic mass is 79.9. The van der Waals surface area contributed by atoms with Crippen LogP contribution in [0.4, 0.5) is 4.79 Å². The summed E-state index contributed by atoms with van der Waals surface area (Å²) >= 11 is 9.20. The average molecular weight is 323 g/mol. The third-order valence-electron chi connectivity index (χ3n) is 1.85. The van der Waals surface area contributed by atoms with Crippen molar-refractivity contribution in [1.82, 2.24) is 5.06 Å². The summed E-state index contributed by atoms with van der Waals surface area (Å²) in [6.07, 6.45) is -1.14. The van der Waals surface area contributed by atoms with Gasteiger partial charge in [-0.25, -0.2) is 4.79 Å². The predicted octanol–water partition coefficient (Wildman–Crippen LogP) is 4.03. The predicted molar refractivity (Wildman–Crippen MR) is 69.3 cm³/mol. The zero-order valence-electron chi connectivity index (χ0n) is 9.48. The number of halogens is 2. The minimum atomic E-state index is -1.14. The Hall–Kier alpha value is -0.940. The van der Waals surface area contributed by atoms with Gasteiger partial charge in [-0.05, 0) is 24.1 Å². The molecule has 0 atom stereocenters. The molecule has 94 valence electrons. The lowest BCUT2D eigenvalue weighted by molar-refractivity contribution is -0.0433. The third-order valence-corrected chi connectivity index (χ3v) is 2.64. The van der Waals surface area contributed by atoms with Crippen molar-refractivity contribution < 1.29 is 14.7 Å². The number of nitrogens with zero attached hydrogens (tertiary/aromatic N) is 1. The molecule has 4 nitrogen and oxygen atoms in total. The topological polar surface area (TPSA) is 49.8 Å². The molecule has 0 aliphatic carbocycles. The van der Waals surface area contributed by atoms with Crippen LogP contribution in [0, 0.1) is 5.92 Å². The molecule has 17 heavy (non-hydrogen) atoms. The Morgan fingerprint density at radius 3 is 2.71 bits per heavy atom. The summed E-state index contributed by atoms with van der Waals surface area (Å²) in [6.45, 7) is 4.09. The first kappa shape index (κ1) is 14.1. The number of hydrogen-bond acceptors (Lipinski definition) is 2. The van der Waals surface area contributed by atoms with Crippen molar-refractivity contribution in [2.24, 2.45) is 5.92 Å². The fourth-order valence-electron chi connectivity index (χ4n) is 1.15. The van der Waals surface area contributed by atoms with Crippen molar-refractivity contribution in [3.63, 3.8) is 0 Å². The van der Waals surface area contributed by atoms with E-state index >= 15 is 0 Å². The van der Waals surface area contributed by atoms with Gasteiger partial charge in [-0.2, -0.15) is 0 Å². The van der Waals surface area contributed by atoms with Gasteiger partial charge in [0.15, 0.2) is 5.75 Å². The minimum absolute atomic E-state index is 0.167. The molecule has 0 bridgehead atoms. The average Bonchev–Trinajstić information content (AvgIpc) is 2.19. The Morgan fingerprint density at radius 2 is 2.24 bits per heavy atom. The molecule has 6 heteroatoms. The Morgan fingerprint density at radius 1 is 1.59 bits per heavy atom. The monoisotopic (exact) mass is 321 g/mol. The molecular weight excluding hydrogens is 309 g/mol. The summed E-state index contributed by atoms with van der Waals surface area (Å²) in [5.41, 5.74) is 0. The number of amides is 1. The van der Waals surface area contributed by atoms with E-state index in [1.807, 2.05) is 13.8 Å². The number of carboxylic acid groups (broad SMARTS) is 1. The van der Waals surface area contributed by atoms with E-state index in [0.29, 0.717) is 10.8 Å². The van der Waals surface area contributed by atoms with E-state index in [9.17, 15) is 4.79 Å². The van der Waals surface area contributed by atoms with Crippen molar-refractivity contribution >= 4 is 33.6 Å². The van der Waals surface area contributed by atoms with Crippen molar-refractivity contribution in [2.45, 2.75) is 13.8 Å². The van der Waals surface area contributed by atoms with E-state index in [-0.39, 0.29) is 12.5 Å². The highest BCUT2D eigenvalue weighted by molar-refractivity contribution is 9.10. The largest absolute Gasteiger partial charge is 0.463 e. The van der Waals surface area contributed by atoms with Crippen molar-refractivity contribution in [2.75, 3.05) is 6.54 Å².